The van der Waals surface area contributed by atoms with Crippen LogP contribution in [0, 0.1) is 10.1 Å². The van der Waals surface area contributed by atoms with Crippen LogP contribution in [0.1, 0.15) is 0 Å². The van der Waals surface area contributed by atoms with E-state index in [1.165, 1.54) is 22.3 Å². The molecule has 0 unspecified atom stereocenters. The number of hydrogen-bond acceptors (Lipinski definition) is 3. The Morgan fingerprint density at radius 2 is 1.91 bits per heavy atom. The van der Waals surface area contributed by atoms with Gasteiger partial charge >= 0.3 is 0 Å². The Balaban J connectivity index is 2.91. The highest BCUT2D eigenvalue weighted by Crippen LogP contribution is 2.25. The Kier molecular flexibility index (Phi) is 2.90. The number of non-ortho nitro benzene ring substituents is 1. The van der Waals surface area contributed by atoms with Crippen molar-refractivity contribution in [3.63, 3.8) is 0 Å². The Bertz CT molecular complexity index is 262. The van der Waals surface area contributed by atoms with Crippen molar-refractivity contribution in [3.05, 3.63) is 34.4 Å². The molecule has 0 fully saturated rings. The SMILES string of the molecule is O=[N+]([O-])c1ccc(SBr)cc1. The molecule has 5 heteroatoms. The highest BCUT2D eigenvalue weighted by molar-refractivity contribution is 9.50. The summed E-state index contributed by atoms with van der Waals surface area (Å²) >= 11 is 3.17. The van der Waals surface area contributed by atoms with E-state index in [1.807, 2.05) is 0 Å². The first-order chi connectivity index (χ1) is 5.24. The normalized spacial score (nSPS) is 9.55. The fourth-order valence-electron chi connectivity index (χ4n) is 0.619. The zero-order chi connectivity index (χ0) is 8.27. The van der Waals surface area contributed by atoms with Crippen molar-refractivity contribution in [1.82, 2.24) is 0 Å². The largest absolute Gasteiger partial charge is 0.269 e. The molecule has 0 amide bonds. The molecule has 1 rings (SSSR count). The van der Waals surface area contributed by atoms with Gasteiger partial charge < -0.3 is 0 Å². The monoisotopic (exact) mass is 233 g/mol. The van der Waals surface area contributed by atoms with Gasteiger partial charge in [-0.3, -0.25) is 10.1 Å². The van der Waals surface area contributed by atoms with Gasteiger partial charge in [0.1, 0.15) is 0 Å². The van der Waals surface area contributed by atoms with Crippen LogP contribution in [0.15, 0.2) is 29.2 Å². The maximum absolute atomic E-state index is 10.2. The van der Waals surface area contributed by atoms with E-state index in [1.54, 1.807) is 12.1 Å². The van der Waals surface area contributed by atoms with Crippen molar-refractivity contribution in [2.24, 2.45) is 0 Å². The lowest BCUT2D eigenvalue weighted by atomic mass is 10.3. The molecule has 3 nitrogen and oxygen atoms in total. The molecule has 0 radical (unpaired) electrons. The second kappa shape index (κ2) is 3.73. The maximum atomic E-state index is 10.2. The Hall–Kier alpha value is -0.550. The lowest BCUT2D eigenvalue weighted by Gasteiger charge is -1.92. The van der Waals surface area contributed by atoms with Gasteiger partial charge in [-0.2, -0.15) is 0 Å². The number of hydrogen-bond donors (Lipinski definition) is 0. The molecule has 0 bridgehead atoms. The Labute approximate surface area is 75.1 Å². The van der Waals surface area contributed by atoms with Gasteiger partial charge in [0.05, 0.1) is 4.92 Å². The van der Waals surface area contributed by atoms with Gasteiger partial charge in [0, 0.05) is 17.0 Å². The van der Waals surface area contributed by atoms with Gasteiger partial charge in [-0.25, -0.2) is 0 Å². The molecule has 58 valence electrons. The second-order valence-corrected chi connectivity index (χ2v) is 3.43. The molecule has 0 atom stereocenters. The summed E-state index contributed by atoms with van der Waals surface area (Å²) in [5.41, 5.74) is 0.121. The highest BCUT2D eigenvalue weighted by Gasteiger charge is 2.02. The lowest BCUT2D eigenvalue weighted by Crippen LogP contribution is -1.85. The van der Waals surface area contributed by atoms with E-state index in [-0.39, 0.29) is 5.69 Å². The van der Waals surface area contributed by atoms with Crippen LogP contribution in [0.5, 0.6) is 0 Å². The minimum Gasteiger partial charge on any atom is -0.258 e. The molecule has 0 aliphatic rings. The first-order valence-corrected chi connectivity index (χ1v) is 5.43. The summed E-state index contributed by atoms with van der Waals surface area (Å²) in [6, 6.07) is 6.34. The van der Waals surface area contributed by atoms with E-state index in [4.69, 9.17) is 0 Å². The molecule has 0 N–H and O–H groups in total. The fourth-order valence-corrected chi connectivity index (χ4v) is 1.51. The van der Waals surface area contributed by atoms with Crippen molar-refractivity contribution < 1.29 is 4.92 Å². The molecule has 0 saturated heterocycles. The van der Waals surface area contributed by atoms with Crippen LogP contribution in [0.3, 0.4) is 0 Å². The van der Waals surface area contributed by atoms with Gasteiger partial charge in [0.25, 0.3) is 5.69 Å². The van der Waals surface area contributed by atoms with Gasteiger partial charge in [-0.05, 0) is 37.1 Å². The van der Waals surface area contributed by atoms with Crippen molar-refractivity contribution in [3.8, 4) is 0 Å². The predicted octanol–water partition coefficient (Wildman–Crippen LogP) is 3.00. The van der Waals surface area contributed by atoms with E-state index in [0.29, 0.717) is 0 Å². The second-order valence-electron chi connectivity index (χ2n) is 1.83. The minimum absolute atomic E-state index is 0.121. The third-order valence-electron chi connectivity index (χ3n) is 1.14. The van der Waals surface area contributed by atoms with Crippen molar-refractivity contribution >= 4 is 30.7 Å². The summed E-state index contributed by atoms with van der Waals surface area (Å²) in [5.74, 6) is 0. The third-order valence-corrected chi connectivity index (χ3v) is 2.71. The molecule has 1 aromatic rings. The Morgan fingerprint density at radius 3 is 2.27 bits per heavy atom. The fraction of sp³-hybridized carbons (Fsp3) is 0. The van der Waals surface area contributed by atoms with Crippen LogP contribution in [0.25, 0.3) is 0 Å². The summed E-state index contributed by atoms with van der Waals surface area (Å²) in [6.45, 7) is 0. The van der Waals surface area contributed by atoms with Gasteiger partial charge in [0.2, 0.25) is 0 Å². The first kappa shape index (κ1) is 8.55. The number of rotatable bonds is 2. The van der Waals surface area contributed by atoms with Crippen molar-refractivity contribution in [2.75, 3.05) is 0 Å². The molecule has 0 aromatic heterocycles. The van der Waals surface area contributed by atoms with Gasteiger partial charge in [-0.15, -0.1) is 0 Å². The summed E-state index contributed by atoms with van der Waals surface area (Å²) in [7, 11) is 1.38. The number of nitro groups is 1. The molecular weight excluding hydrogens is 230 g/mol. The van der Waals surface area contributed by atoms with Crippen LogP contribution in [-0.4, -0.2) is 4.92 Å². The third kappa shape index (κ3) is 2.20. The van der Waals surface area contributed by atoms with Crippen molar-refractivity contribution in [2.45, 2.75) is 4.90 Å². The molecule has 0 saturated carbocycles. The average molecular weight is 234 g/mol. The topological polar surface area (TPSA) is 43.1 Å². The van der Waals surface area contributed by atoms with Crippen LogP contribution in [0.4, 0.5) is 5.69 Å². The summed E-state index contributed by atoms with van der Waals surface area (Å²) in [5, 5.41) is 10.2. The first-order valence-electron chi connectivity index (χ1n) is 2.77. The molecule has 0 spiro atoms. The number of nitro benzene ring substituents is 1. The summed E-state index contributed by atoms with van der Waals surface area (Å²) in [4.78, 5) is 10.7. The van der Waals surface area contributed by atoms with E-state index < -0.39 is 4.92 Å². The summed E-state index contributed by atoms with van der Waals surface area (Å²) < 4.78 is 0. The van der Waals surface area contributed by atoms with Crippen LogP contribution in [0.2, 0.25) is 0 Å². The highest BCUT2D eigenvalue weighted by atomic mass is 79.9. The lowest BCUT2D eigenvalue weighted by molar-refractivity contribution is -0.384. The zero-order valence-electron chi connectivity index (χ0n) is 5.36. The van der Waals surface area contributed by atoms with Gasteiger partial charge in [0.15, 0.2) is 0 Å². The standard InChI is InChI=1S/C6H4BrNO2S/c7-11-6-3-1-5(2-4-6)8(9)10/h1-4H. The number of benzene rings is 1. The van der Waals surface area contributed by atoms with E-state index >= 15 is 0 Å². The molecule has 0 aliphatic heterocycles. The molecule has 1 aromatic carbocycles. The van der Waals surface area contributed by atoms with E-state index in [9.17, 15) is 10.1 Å². The summed E-state index contributed by atoms with van der Waals surface area (Å²) in [6.07, 6.45) is 0. The van der Waals surface area contributed by atoms with Crippen LogP contribution < -0.4 is 0 Å². The molecular formula is C6H4BrNO2S. The molecule has 11 heavy (non-hydrogen) atoms. The van der Waals surface area contributed by atoms with E-state index in [2.05, 4.69) is 14.8 Å². The number of halogens is 1. The minimum atomic E-state index is -0.414. The maximum Gasteiger partial charge on any atom is 0.269 e. The van der Waals surface area contributed by atoms with Gasteiger partial charge in [-0.1, -0.05) is 0 Å². The average Bonchev–Trinajstić information content (AvgIpc) is 2.05. The smallest absolute Gasteiger partial charge is 0.258 e. The molecule has 0 heterocycles. The van der Waals surface area contributed by atoms with Crippen LogP contribution in [-0.2, 0) is 0 Å². The van der Waals surface area contributed by atoms with E-state index in [0.717, 1.165) is 4.90 Å². The zero-order valence-corrected chi connectivity index (χ0v) is 7.76. The molecule has 0 aliphatic carbocycles. The number of nitrogens with zero attached hydrogens (tertiary/aromatic N) is 1. The predicted molar refractivity (Wildman–Crippen MR) is 47.9 cm³/mol. The van der Waals surface area contributed by atoms with Crippen LogP contribution >= 0.6 is 25.0 Å². The van der Waals surface area contributed by atoms with Crippen molar-refractivity contribution in [1.29, 1.82) is 0 Å². The Morgan fingerprint density at radius 1 is 1.36 bits per heavy atom. The quantitative estimate of drug-likeness (QED) is 0.583.